The minimum absolute atomic E-state index is 0.0250. The second kappa shape index (κ2) is 20.2. The molecule has 0 atom stereocenters. The minimum atomic E-state index is -5.08. The lowest BCUT2D eigenvalue weighted by atomic mass is 9.87. The Morgan fingerprint density at radius 3 is 2.09 bits per heavy atom. The van der Waals surface area contributed by atoms with E-state index in [1.54, 1.807) is 29.0 Å². The highest BCUT2D eigenvalue weighted by atomic mass is 19.4. The van der Waals surface area contributed by atoms with Gasteiger partial charge in [0.05, 0.1) is 6.20 Å². The number of ether oxygens (including phenoxy) is 1. The number of nitrogens with zero attached hydrogens (tertiary/aromatic N) is 5. The van der Waals surface area contributed by atoms with Crippen LogP contribution in [0.4, 0.5) is 32.2 Å². The summed E-state index contributed by atoms with van der Waals surface area (Å²) in [4.78, 5) is 38.6. The lowest BCUT2D eigenvalue weighted by Crippen LogP contribution is -2.21. The molecule has 286 valence electrons. The number of aliphatic carboxylic acids is 1. The quantitative estimate of drug-likeness (QED) is 0.0913. The van der Waals surface area contributed by atoms with E-state index in [1.165, 1.54) is 11.1 Å². The molecule has 0 unspecified atom stereocenters. The molecular formula is C34H36F6N6O7. The molecule has 3 aromatic heterocycles. The number of aryl methyl sites for hydroxylation is 2. The number of imidazole rings is 2. The molecule has 0 spiro atoms. The maximum atomic E-state index is 12.7. The van der Waals surface area contributed by atoms with Crippen molar-refractivity contribution in [2.24, 2.45) is 0 Å². The van der Waals surface area contributed by atoms with Gasteiger partial charge in [0.1, 0.15) is 18.2 Å². The summed E-state index contributed by atoms with van der Waals surface area (Å²) in [6, 6.07) is 19.1. The zero-order valence-corrected chi connectivity index (χ0v) is 28.5. The van der Waals surface area contributed by atoms with Crippen LogP contribution >= 0.6 is 0 Å². The Morgan fingerprint density at radius 1 is 0.981 bits per heavy atom. The van der Waals surface area contributed by atoms with Gasteiger partial charge in [-0.25, -0.2) is 19.3 Å². The second-order valence-electron chi connectivity index (χ2n) is 11.6. The van der Waals surface area contributed by atoms with Gasteiger partial charge in [-0.15, -0.1) is 5.10 Å². The van der Waals surface area contributed by atoms with Gasteiger partial charge in [0.2, 0.25) is 5.88 Å². The molecule has 0 aliphatic carbocycles. The number of aromatic nitrogens is 5. The summed E-state index contributed by atoms with van der Waals surface area (Å²) in [6.07, 6.45) is 2.00. The number of aliphatic hydroxyl groups is 1. The van der Waals surface area contributed by atoms with Gasteiger partial charge in [0.15, 0.2) is 11.5 Å². The Morgan fingerprint density at radius 2 is 1.57 bits per heavy atom. The predicted octanol–water partition coefficient (Wildman–Crippen LogP) is 6.91. The third kappa shape index (κ3) is 15.0. The fourth-order valence-electron chi connectivity index (χ4n) is 4.28. The van der Waals surface area contributed by atoms with E-state index in [1.807, 2.05) is 59.3 Å². The van der Waals surface area contributed by atoms with Crippen molar-refractivity contribution in [3.05, 3.63) is 102 Å². The molecule has 5 aromatic rings. The van der Waals surface area contributed by atoms with Crippen molar-refractivity contribution in [1.82, 2.24) is 24.1 Å². The van der Waals surface area contributed by atoms with Crippen LogP contribution in [0.2, 0.25) is 0 Å². The summed E-state index contributed by atoms with van der Waals surface area (Å²) in [7, 11) is 0. The van der Waals surface area contributed by atoms with Gasteiger partial charge >= 0.3 is 18.8 Å². The number of hydrogen-bond acceptors (Lipinski definition) is 8. The average Bonchev–Trinajstić information content (AvgIpc) is 3.71. The first-order valence-electron chi connectivity index (χ1n) is 15.3. The molecule has 0 bridgehead atoms. The fourth-order valence-corrected chi connectivity index (χ4v) is 4.28. The normalized spacial score (nSPS) is 10.9. The first kappa shape index (κ1) is 43.2. The number of anilines is 1. The van der Waals surface area contributed by atoms with Gasteiger partial charge in [-0.2, -0.15) is 26.3 Å². The van der Waals surface area contributed by atoms with Crippen LogP contribution in [-0.4, -0.2) is 70.7 Å². The number of alkyl halides is 6. The second-order valence-corrected chi connectivity index (χ2v) is 11.6. The number of carboxylic acids is 1. The first-order valence-corrected chi connectivity index (χ1v) is 15.3. The maximum absolute atomic E-state index is 12.7. The molecule has 0 fully saturated rings. The number of nitrogens with one attached hydrogen (secondary N) is 1. The molecule has 3 heterocycles. The predicted molar refractivity (Wildman–Crippen MR) is 179 cm³/mol. The van der Waals surface area contributed by atoms with E-state index in [0.717, 1.165) is 19.4 Å². The van der Waals surface area contributed by atoms with Crippen LogP contribution in [0.5, 0.6) is 11.6 Å². The Hall–Kier alpha value is -5.98. The largest absolute Gasteiger partial charge is 0.490 e. The van der Waals surface area contributed by atoms with Crippen LogP contribution < -0.4 is 10.1 Å². The van der Waals surface area contributed by atoms with E-state index in [-0.39, 0.29) is 24.4 Å². The Balaban J connectivity index is 0.000000595. The number of carbonyl (C=O) groups is 3. The highest BCUT2D eigenvalue weighted by Crippen LogP contribution is 2.24. The van der Waals surface area contributed by atoms with Crippen molar-refractivity contribution >= 4 is 29.8 Å². The Kier molecular flexibility index (Phi) is 16.4. The summed E-state index contributed by atoms with van der Waals surface area (Å²) in [5.41, 5.74) is 3.55. The van der Waals surface area contributed by atoms with Gasteiger partial charge < -0.3 is 29.9 Å². The number of halogens is 6. The fraction of sp³-hybridized carbons (Fsp3) is 0.294. The standard InChI is InChI=1S/C30H32N6O3.C2HF3O2.CHF3.CH2O2/c1-30(2,3)23-10-8-22(9-11-23)29(38)33-25-19-36-26(32-25)14-15-28(34-36)39-24-12-6-21(7-13-24)5-4-17-35-18-16-31-27(35)20-37;3-2(4,5)1(6)7;2-1(3)4;2-1-3/h6-16,18-19,37H,4-5,17,20H2,1-3H3,(H,33,38);(H,6,7);1H;1H,(H,2,3). The third-order valence-corrected chi connectivity index (χ3v) is 6.75. The topological polar surface area (TPSA) is 181 Å². The monoisotopic (exact) mass is 754 g/mol. The molecule has 0 aliphatic rings. The maximum Gasteiger partial charge on any atom is 0.490 e. The zero-order chi connectivity index (χ0) is 39.8. The molecule has 5 rings (SSSR count). The average molecular weight is 755 g/mol. The summed E-state index contributed by atoms with van der Waals surface area (Å²) in [6.45, 7) is 3.24. The van der Waals surface area contributed by atoms with E-state index in [9.17, 15) is 36.2 Å². The Labute approximate surface area is 298 Å². The number of carboxylic acid groups (broad SMARTS) is 2. The van der Waals surface area contributed by atoms with Crippen molar-refractivity contribution in [2.75, 3.05) is 5.32 Å². The molecule has 2 aromatic carbocycles. The molecule has 0 aliphatic heterocycles. The first-order chi connectivity index (χ1) is 24.9. The van der Waals surface area contributed by atoms with Crippen molar-refractivity contribution in [1.29, 1.82) is 0 Å². The van der Waals surface area contributed by atoms with E-state index in [4.69, 9.17) is 24.5 Å². The molecule has 4 N–H and O–H groups in total. The van der Waals surface area contributed by atoms with Crippen molar-refractivity contribution < 1.29 is 60.8 Å². The lowest BCUT2D eigenvalue weighted by Gasteiger charge is -2.18. The number of amides is 1. The highest BCUT2D eigenvalue weighted by Gasteiger charge is 2.38. The smallest absolute Gasteiger partial charge is 0.483 e. The molecular weight excluding hydrogens is 718 g/mol. The third-order valence-electron chi connectivity index (χ3n) is 6.75. The molecule has 0 saturated carbocycles. The van der Waals surface area contributed by atoms with Crippen molar-refractivity contribution in [3.63, 3.8) is 0 Å². The number of rotatable bonds is 9. The number of benzene rings is 2. The summed E-state index contributed by atoms with van der Waals surface area (Å²) < 4.78 is 70.2. The van der Waals surface area contributed by atoms with Crippen molar-refractivity contribution in [3.8, 4) is 11.6 Å². The Bertz CT molecular complexity index is 1890. The van der Waals surface area contributed by atoms with Crippen LogP contribution in [0.25, 0.3) is 5.65 Å². The van der Waals surface area contributed by atoms with Crippen LogP contribution in [0.1, 0.15) is 54.5 Å². The van der Waals surface area contributed by atoms with Gasteiger partial charge in [-0.3, -0.25) is 9.59 Å². The van der Waals surface area contributed by atoms with Crippen LogP contribution in [0.3, 0.4) is 0 Å². The summed E-state index contributed by atoms with van der Waals surface area (Å²) >= 11 is 0. The molecule has 0 saturated heterocycles. The molecule has 13 nitrogen and oxygen atoms in total. The zero-order valence-electron chi connectivity index (χ0n) is 28.5. The van der Waals surface area contributed by atoms with E-state index < -0.39 is 18.8 Å². The van der Waals surface area contributed by atoms with Gasteiger partial charge in [-0.05, 0) is 59.7 Å². The van der Waals surface area contributed by atoms with Gasteiger partial charge in [0, 0.05) is 30.6 Å². The molecule has 1 amide bonds. The SMILES string of the molecule is CC(C)(C)c1ccc(C(=O)Nc2cn3nc(Oc4ccc(CCCn5ccnc5CO)cc4)ccc3n2)cc1.FC(F)F.O=C(O)C(F)(F)F.O=CO. The number of carbonyl (C=O) groups excluding carboxylic acids is 1. The minimum Gasteiger partial charge on any atom is -0.483 e. The summed E-state index contributed by atoms with van der Waals surface area (Å²) in [5, 5.41) is 30.7. The lowest BCUT2D eigenvalue weighted by molar-refractivity contribution is -0.192. The number of aliphatic hydroxyl groups excluding tert-OH is 1. The number of hydrogen-bond donors (Lipinski definition) is 4. The van der Waals surface area contributed by atoms with E-state index in [2.05, 4.69) is 41.2 Å². The highest BCUT2D eigenvalue weighted by molar-refractivity contribution is 6.03. The number of fused-ring (bicyclic) bond motifs is 1. The van der Waals surface area contributed by atoms with E-state index >= 15 is 0 Å². The molecule has 53 heavy (non-hydrogen) atoms. The molecule has 0 radical (unpaired) electrons. The molecule has 19 heteroatoms. The van der Waals surface area contributed by atoms with Gasteiger partial charge in [0.25, 0.3) is 12.4 Å². The van der Waals surface area contributed by atoms with Crippen LogP contribution in [0.15, 0.2) is 79.3 Å². The van der Waals surface area contributed by atoms with Crippen LogP contribution in [-0.2, 0) is 34.6 Å². The summed E-state index contributed by atoms with van der Waals surface area (Å²) in [5.74, 6) is -0.797. The van der Waals surface area contributed by atoms with Crippen LogP contribution in [0, 0.1) is 0 Å². The van der Waals surface area contributed by atoms with Gasteiger partial charge in [-0.1, -0.05) is 45.0 Å². The van der Waals surface area contributed by atoms with Crippen molar-refractivity contribution in [2.45, 2.75) is 65.0 Å². The van der Waals surface area contributed by atoms with E-state index in [0.29, 0.717) is 34.5 Å².